The molecule has 2 heterocycles. The molecule has 0 amide bonds. The van der Waals surface area contributed by atoms with Gasteiger partial charge >= 0.3 is 0 Å². The Hall–Kier alpha value is -2.20. The summed E-state index contributed by atoms with van der Waals surface area (Å²) in [5, 5.41) is 1.20. The van der Waals surface area contributed by atoms with Gasteiger partial charge in [0.2, 0.25) is 0 Å². The molecule has 0 unspecified atom stereocenters. The van der Waals surface area contributed by atoms with E-state index in [9.17, 15) is 0 Å². The van der Waals surface area contributed by atoms with Crippen molar-refractivity contribution in [2.75, 3.05) is 0 Å². The highest BCUT2D eigenvalue weighted by Crippen LogP contribution is 2.23. The first-order valence-electron chi connectivity index (χ1n) is 6.65. The number of aryl methyl sites for hydroxylation is 2. The number of nitrogens with one attached hydrogen (secondary N) is 1. The predicted molar refractivity (Wildman–Crippen MR) is 83.1 cm³/mol. The molecule has 4 heteroatoms. The smallest absolute Gasteiger partial charge is 0.0941 e. The number of hydrogen-bond acceptors (Lipinski definition) is 3. The van der Waals surface area contributed by atoms with Gasteiger partial charge in [0.1, 0.15) is 0 Å². The van der Waals surface area contributed by atoms with Crippen LogP contribution in [0.4, 0.5) is 0 Å². The minimum Gasteiger partial charge on any atom is -0.345 e. The van der Waals surface area contributed by atoms with E-state index in [1.807, 2.05) is 6.07 Å². The molecule has 3 nitrogen and oxygen atoms in total. The van der Waals surface area contributed by atoms with Crippen LogP contribution in [0, 0.1) is 0 Å². The zero-order valence-electron chi connectivity index (χ0n) is 10.8. The second-order valence-corrected chi connectivity index (χ2v) is 5.94. The van der Waals surface area contributed by atoms with Gasteiger partial charge in [-0.1, -0.05) is 18.2 Å². The Morgan fingerprint density at radius 1 is 1.00 bits per heavy atom. The van der Waals surface area contributed by atoms with Crippen LogP contribution >= 0.6 is 11.3 Å². The van der Waals surface area contributed by atoms with Crippen molar-refractivity contribution in [3.63, 3.8) is 0 Å². The van der Waals surface area contributed by atoms with Gasteiger partial charge in [-0.3, -0.25) is 0 Å². The number of hydrogen-bond donors (Lipinski definition) is 1. The van der Waals surface area contributed by atoms with Gasteiger partial charge in [0, 0.05) is 6.42 Å². The van der Waals surface area contributed by atoms with E-state index >= 15 is 0 Å². The van der Waals surface area contributed by atoms with Gasteiger partial charge in [-0.05, 0) is 36.2 Å². The highest BCUT2D eigenvalue weighted by Gasteiger charge is 2.04. The molecule has 98 valence electrons. The quantitative estimate of drug-likeness (QED) is 0.617. The van der Waals surface area contributed by atoms with E-state index < -0.39 is 0 Å². The van der Waals surface area contributed by atoms with Crippen LogP contribution in [0.3, 0.4) is 0 Å². The van der Waals surface area contributed by atoms with Gasteiger partial charge in [0.15, 0.2) is 0 Å². The summed E-state index contributed by atoms with van der Waals surface area (Å²) < 4.78 is 1.27. The van der Waals surface area contributed by atoms with E-state index in [-0.39, 0.29) is 0 Å². The lowest BCUT2D eigenvalue weighted by Gasteiger charge is -1.99. The molecule has 0 aliphatic rings. The molecule has 0 saturated heterocycles. The highest BCUT2D eigenvalue weighted by atomic mass is 32.1. The number of para-hydroxylation sites is 1. The van der Waals surface area contributed by atoms with E-state index in [1.54, 1.807) is 17.7 Å². The van der Waals surface area contributed by atoms with Crippen LogP contribution in [-0.2, 0) is 12.8 Å². The predicted octanol–water partition coefficient (Wildman–Crippen LogP) is 3.96. The summed E-state index contributed by atoms with van der Waals surface area (Å²) in [4.78, 5) is 12.1. The monoisotopic (exact) mass is 279 g/mol. The Bertz CT molecular complexity index is 840. The maximum Gasteiger partial charge on any atom is 0.0941 e. The Balaban J connectivity index is 1.56. The molecule has 0 saturated carbocycles. The van der Waals surface area contributed by atoms with E-state index in [4.69, 9.17) is 0 Å². The molecular weight excluding hydrogens is 266 g/mol. The fourth-order valence-corrected chi connectivity index (χ4v) is 3.38. The first-order valence-corrected chi connectivity index (χ1v) is 7.46. The van der Waals surface area contributed by atoms with Crippen LogP contribution in [0.2, 0.25) is 0 Å². The number of aromatic amines is 1. The first kappa shape index (κ1) is 11.6. The number of rotatable bonds is 3. The van der Waals surface area contributed by atoms with Gasteiger partial charge in [0.25, 0.3) is 0 Å². The molecule has 0 aliphatic heterocycles. The molecule has 0 bridgehead atoms. The van der Waals surface area contributed by atoms with Crippen molar-refractivity contribution in [2.45, 2.75) is 12.8 Å². The van der Waals surface area contributed by atoms with Crippen molar-refractivity contribution < 1.29 is 0 Å². The van der Waals surface area contributed by atoms with E-state index in [1.165, 1.54) is 15.3 Å². The Morgan fingerprint density at radius 2 is 1.95 bits per heavy atom. The SMILES string of the molecule is c1ccc2sc(CCc3ccc4nc[nH]c4c3)nc2c1. The number of fused-ring (bicyclic) bond motifs is 2. The summed E-state index contributed by atoms with van der Waals surface area (Å²) in [6.45, 7) is 0. The lowest BCUT2D eigenvalue weighted by atomic mass is 10.1. The first-order chi connectivity index (χ1) is 9.88. The molecule has 1 N–H and O–H groups in total. The van der Waals surface area contributed by atoms with E-state index in [0.29, 0.717) is 0 Å². The summed E-state index contributed by atoms with van der Waals surface area (Å²) in [6.07, 6.45) is 3.73. The Morgan fingerprint density at radius 3 is 2.90 bits per heavy atom. The van der Waals surface area contributed by atoms with Crippen molar-refractivity contribution in [2.24, 2.45) is 0 Å². The lowest BCUT2D eigenvalue weighted by Crippen LogP contribution is -1.90. The summed E-state index contributed by atoms with van der Waals surface area (Å²) in [5.41, 5.74) is 4.55. The molecule has 20 heavy (non-hydrogen) atoms. The summed E-state index contributed by atoms with van der Waals surface area (Å²) in [6, 6.07) is 14.7. The minimum atomic E-state index is 0.985. The van der Waals surface area contributed by atoms with Crippen LogP contribution in [0.15, 0.2) is 48.8 Å². The van der Waals surface area contributed by atoms with E-state index in [0.717, 1.165) is 29.4 Å². The summed E-state index contributed by atoms with van der Waals surface area (Å²) >= 11 is 1.79. The highest BCUT2D eigenvalue weighted by molar-refractivity contribution is 7.18. The van der Waals surface area contributed by atoms with Gasteiger partial charge in [-0.2, -0.15) is 0 Å². The Kier molecular flexibility index (Phi) is 2.74. The number of imidazole rings is 1. The zero-order chi connectivity index (χ0) is 13.4. The van der Waals surface area contributed by atoms with Crippen molar-refractivity contribution in [3.8, 4) is 0 Å². The van der Waals surface area contributed by atoms with Gasteiger partial charge in [0.05, 0.1) is 32.6 Å². The molecule has 2 aromatic heterocycles. The number of benzene rings is 2. The normalized spacial score (nSPS) is 11.4. The van der Waals surface area contributed by atoms with Crippen LogP contribution < -0.4 is 0 Å². The fraction of sp³-hybridized carbons (Fsp3) is 0.125. The third-order valence-corrected chi connectivity index (χ3v) is 4.55. The lowest BCUT2D eigenvalue weighted by molar-refractivity contribution is 0.950. The topological polar surface area (TPSA) is 41.6 Å². The molecule has 2 aromatic carbocycles. The largest absolute Gasteiger partial charge is 0.345 e. The van der Waals surface area contributed by atoms with Crippen LogP contribution in [0.1, 0.15) is 10.6 Å². The van der Waals surface area contributed by atoms with E-state index in [2.05, 4.69) is 51.4 Å². The van der Waals surface area contributed by atoms with Crippen molar-refractivity contribution >= 4 is 32.6 Å². The second-order valence-electron chi connectivity index (χ2n) is 4.83. The molecule has 0 radical (unpaired) electrons. The Labute approximate surface area is 120 Å². The van der Waals surface area contributed by atoms with Crippen LogP contribution in [-0.4, -0.2) is 15.0 Å². The maximum atomic E-state index is 4.68. The van der Waals surface area contributed by atoms with Gasteiger partial charge in [-0.25, -0.2) is 9.97 Å². The molecule has 0 spiro atoms. The minimum absolute atomic E-state index is 0.985. The fourth-order valence-electron chi connectivity index (χ4n) is 2.42. The molecule has 0 fully saturated rings. The molecular formula is C16H13N3S. The van der Waals surface area contributed by atoms with Crippen molar-refractivity contribution in [1.29, 1.82) is 0 Å². The number of aromatic nitrogens is 3. The molecule has 4 rings (SSSR count). The van der Waals surface area contributed by atoms with Crippen LogP contribution in [0.25, 0.3) is 21.3 Å². The number of H-pyrrole nitrogens is 1. The summed E-state index contributed by atoms with van der Waals surface area (Å²) in [7, 11) is 0. The van der Waals surface area contributed by atoms with Gasteiger partial charge in [-0.15, -0.1) is 11.3 Å². The zero-order valence-corrected chi connectivity index (χ0v) is 11.7. The van der Waals surface area contributed by atoms with Crippen molar-refractivity contribution in [3.05, 3.63) is 59.4 Å². The average molecular weight is 279 g/mol. The van der Waals surface area contributed by atoms with Gasteiger partial charge < -0.3 is 4.98 Å². The average Bonchev–Trinajstić information content (AvgIpc) is 3.10. The third kappa shape index (κ3) is 2.08. The van der Waals surface area contributed by atoms with Crippen LogP contribution in [0.5, 0.6) is 0 Å². The molecule has 0 aliphatic carbocycles. The third-order valence-electron chi connectivity index (χ3n) is 3.45. The maximum absolute atomic E-state index is 4.68. The summed E-state index contributed by atoms with van der Waals surface area (Å²) in [5.74, 6) is 0. The van der Waals surface area contributed by atoms with Crippen molar-refractivity contribution in [1.82, 2.24) is 15.0 Å². The second kappa shape index (κ2) is 4.72. The standard InChI is InChI=1S/C16H13N3S/c1-2-4-15-13(3-1)19-16(20-15)8-6-11-5-7-12-14(9-11)18-10-17-12/h1-5,7,9-10H,6,8H2,(H,17,18). The number of nitrogens with zero attached hydrogens (tertiary/aromatic N) is 2. The molecule has 0 atom stereocenters. The number of thiazole rings is 1. The molecule has 4 aromatic rings.